The van der Waals surface area contributed by atoms with E-state index in [9.17, 15) is 9.59 Å². The maximum absolute atomic E-state index is 13.2. The minimum absolute atomic E-state index is 0.0183. The molecule has 32 heavy (non-hydrogen) atoms. The lowest BCUT2D eigenvalue weighted by Gasteiger charge is -2.33. The lowest BCUT2D eigenvalue weighted by atomic mass is 10.1. The average molecular weight is 494 g/mol. The fraction of sp³-hybridized carbons (Fsp3) is 0.364. The van der Waals surface area contributed by atoms with Gasteiger partial charge in [0, 0.05) is 55.1 Å². The highest BCUT2D eigenvalue weighted by molar-refractivity contribution is 8.76. The van der Waals surface area contributed by atoms with Crippen LogP contribution in [0.25, 0.3) is 0 Å². The Morgan fingerprint density at radius 1 is 1.06 bits per heavy atom. The molecule has 3 rings (SSSR count). The fourth-order valence-corrected chi connectivity index (χ4v) is 6.07. The normalized spacial score (nSPS) is 12.1. The lowest BCUT2D eigenvalue weighted by molar-refractivity contribution is -0.133. The van der Waals surface area contributed by atoms with Crippen LogP contribution >= 0.6 is 33.3 Å². The standard InChI is InChI=1S/C22H27N3O4S3/c1-14-16(24(4)5)8-9-18-21(14)32-19-12-15(23(2)3)6-7-17(19)25(18)22(28)29-10-11-30-31-13-20(26)27/h6-9,12H,10-11,13H2,1-5H3,(H,26,27). The molecule has 0 spiro atoms. The van der Waals surface area contributed by atoms with Crippen molar-refractivity contribution in [3.05, 3.63) is 35.9 Å². The topological polar surface area (TPSA) is 73.3 Å². The zero-order chi connectivity index (χ0) is 23.4. The Hall–Kier alpha value is -2.17. The molecule has 0 aromatic heterocycles. The van der Waals surface area contributed by atoms with Gasteiger partial charge in [-0.2, -0.15) is 0 Å². The summed E-state index contributed by atoms with van der Waals surface area (Å²) in [6.45, 7) is 2.27. The molecule has 0 saturated heterocycles. The van der Waals surface area contributed by atoms with E-state index in [1.807, 2.05) is 57.4 Å². The number of amides is 1. The van der Waals surface area contributed by atoms with Gasteiger partial charge in [0.15, 0.2) is 0 Å². The van der Waals surface area contributed by atoms with E-state index in [4.69, 9.17) is 9.84 Å². The van der Waals surface area contributed by atoms with Gasteiger partial charge in [0.25, 0.3) is 0 Å². The summed E-state index contributed by atoms with van der Waals surface area (Å²) < 4.78 is 5.57. The Kier molecular flexibility index (Phi) is 8.13. The Bertz CT molecular complexity index is 1010. The molecule has 2 aromatic rings. The van der Waals surface area contributed by atoms with Crippen LogP contribution in [-0.4, -0.2) is 63.5 Å². The maximum atomic E-state index is 13.2. The van der Waals surface area contributed by atoms with Gasteiger partial charge in [-0.1, -0.05) is 33.3 Å². The number of anilines is 4. The molecule has 0 aliphatic carbocycles. The van der Waals surface area contributed by atoms with E-state index in [2.05, 4.69) is 17.9 Å². The highest BCUT2D eigenvalue weighted by Gasteiger charge is 2.31. The maximum Gasteiger partial charge on any atom is 0.419 e. The number of ether oxygens (including phenoxy) is 1. The van der Waals surface area contributed by atoms with Crippen molar-refractivity contribution in [1.82, 2.24) is 0 Å². The van der Waals surface area contributed by atoms with E-state index in [0.717, 1.165) is 38.1 Å². The summed E-state index contributed by atoms with van der Waals surface area (Å²) in [7, 11) is 10.6. The second-order valence-electron chi connectivity index (χ2n) is 7.53. The van der Waals surface area contributed by atoms with Gasteiger partial charge in [0.2, 0.25) is 0 Å². The second-order valence-corrected chi connectivity index (χ2v) is 11.2. The molecular weight excluding hydrogens is 466 g/mol. The van der Waals surface area contributed by atoms with Crippen molar-refractivity contribution in [2.45, 2.75) is 16.7 Å². The third kappa shape index (κ3) is 5.41. The van der Waals surface area contributed by atoms with Crippen LogP contribution in [-0.2, 0) is 9.53 Å². The predicted molar refractivity (Wildman–Crippen MR) is 136 cm³/mol. The Balaban J connectivity index is 1.89. The third-order valence-electron chi connectivity index (χ3n) is 4.83. The van der Waals surface area contributed by atoms with Crippen molar-refractivity contribution < 1.29 is 19.4 Å². The van der Waals surface area contributed by atoms with Crippen molar-refractivity contribution in [2.24, 2.45) is 0 Å². The highest BCUT2D eigenvalue weighted by Crippen LogP contribution is 2.52. The summed E-state index contributed by atoms with van der Waals surface area (Å²) in [5.74, 6) is -0.322. The molecule has 1 N–H and O–H groups in total. The number of rotatable bonds is 8. The fourth-order valence-electron chi connectivity index (χ4n) is 3.32. The van der Waals surface area contributed by atoms with Crippen LogP contribution in [0.3, 0.4) is 0 Å². The monoisotopic (exact) mass is 493 g/mol. The number of fused-ring (bicyclic) bond motifs is 2. The van der Waals surface area contributed by atoms with E-state index >= 15 is 0 Å². The first-order chi connectivity index (χ1) is 15.2. The number of carboxylic acid groups (broad SMARTS) is 1. The third-order valence-corrected chi connectivity index (χ3v) is 8.32. The molecule has 1 aliphatic rings. The predicted octanol–water partition coefficient (Wildman–Crippen LogP) is 5.33. The minimum atomic E-state index is -0.858. The number of carbonyl (C=O) groups excluding carboxylic acids is 1. The van der Waals surface area contributed by atoms with Gasteiger partial charge in [0.1, 0.15) is 12.4 Å². The van der Waals surface area contributed by atoms with Crippen molar-refractivity contribution in [3.8, 4) is 0 Å². The van der Waals surface area contributed by atoms with E-state index in [0.29, 0.717) is 5.75 Å². The molecule has 172 valence electrons. The van der Waals surface area contributed by atoms with E-state index in [1.165, 1.54) is 21.6 Å². The number of nitrogens with zero attached hydrogens (tertiary/aromatic N) is 3. The smallest absolute Gasteiger partial charge is 0.419 e. The van der Waals surface area contributed by atoms with E-state index in [-0.39, 0.29) is 12.4 Å². The van der Waals surface area contributed by atoms with Gasteiger partial charge >= 0.3 is 12.1 Å². The largest absolute Gasteiger partial charge is 0.481 e. The molecule has 1 heterocycles. The van der Waals surface area contributed by atoms with E-state index < -0.39 is 12.1 Å². The average Bonchev–Trinajstić information content (AvgIpc) is 2.74. The van der Waals surface area contributed by atoms with Gasteiger partial charge in [-0.25, -0.2) is 9.69 Å². The van der Waals surface area contributed by atoms with Crippen LogP contribution in [0.15, 0.2) is 40.1 Å². The van der Waals surface area contributed by atoms with Crippen LogP contribution in [0.5, 0.6) is 0 Å². The second kappa shape index (κ2) is 10.6. The molecule has 0 unspecified atom stereocenters. The molecule has 0 saturated carbocycles. The Morgan fingerprint density at radius 3 is 2.44 bits per heavy atom. The van der Waals surface area contributed by atoms with Crippen molar-refractivity contribution in [2.75, 3.05) is 61.0 Å². The van der Waals surface area contributed by atoms with Gasteiger partial charge in [-0.15, -0.1) is 0 Å². The summed E-state index contributed by atoms with van der Waals surface area (Å²) in [6.07, 6.45) is -0.439. The molecule has 1 amide bonds. The number of benzene rings is 2. The quantitative estimate of drug-likeness (QED) is 0.388. The summed E-state index contributed by atoms with van der Waals surface area (Å²) in [5, 5.41) is 8.71. The highest BCUT2D eigenvalue weighted by atomic mass is 33.1. The molecule has 1 aliphatic heterocycles. The summed E-state index contributed by atoms with van der Waals surface area (Å²) >= 11 is 1.67. The van der Waals surface area contributed by atoms with Crippen molar-refractivity contribution in [3.63, 3.8) is 0 Å². The minimum Gasteiger partial charge on any atom is -0.481 e. The van der Waals surface area contributed by atoms with Crippen LogP contribution in [0.1, 0.15) is 5.56 Å². The van der Waals surface area contributed by atoms with Crippen LogP contribution in [0, 0.1) is 6.92 Å². The van der Waals surface area contributed by atoms with Crippen LogP contribution in [0.4, 0.5) is 27.5 Å². The lowest BCUT2D eigenvalue weighted by Crippen LogP contribution is -2.30. The molecule has 0 atom stereocenters. The van der Waals surface area contributed by atoms with Gasteiger partial charge in [-0.3, -0.25) is 4.79 Å². The number of hydrogen-bond donors (Lipinski definition) is 1. The summed E-state index contributed by atoms with van der Waals surface area (Å²) in [5.41, 5.74) is 4.87. The van der Waals surface area contributed by atoms with E-state index in [1.54, 1.807) is 16.7 Å². The molecule has 0 radical (unpaired) electrons. The number of carbonyl (C=O) groups is 2. The number of aliphatic carboxylic acids is 1. The van der Waals surface area contributed by atoms with Gasteiger partial charge in [0.05, 0.1) is 11.4 Å². The Morgan fingerprint density at radius 2 is 1.78 bits per heavy atom. The molecule has 0 bridgehead atoms. The first-order valence-corrected chi connectivity index (χ1v) is 13.2. The molecular formula is C22H27N3O4S3. The molecule has 10 heteroatoms. The summed E-state index contributed by atoms with van der Waals surface area (Å²) in [4.78, 5) is 31.5. The SMILES string of the molecule is Cc1c(N(C)C)ccc2c1Sc1cc(N(C)C)ccc1N2C(=O)OCCSSCC(=O)O. The molecule has 2 aromatic carbocycles. The Labute approximate surface area is 200 Å². The number of hydrogen-bond acceptors (Lipinski definition) is 8. The van der Waals surface area contributed by atoms with Crippen LogP contribution < -0.4 is 14.7 Å². The molecule has 0 fully saturated rings. The van der Waals surface area contributed by atoms with Crippen molar-refractivity contribution >= 4 is 68.2 Å². The summed E-state index contributed by atoms with van der Waals surface area (Å²) in [6, 6.07) is 10.0. The number of carboxylic acids is 1. The van der Waals surface area contributed by atoms with Gasteiger partial charge < -0.3 is 19.6 Å². The van der Waals surface area contributed by atoms with Gasteiger partial charge in [-0.05, 0) is 42.8 Å². The first-order valence-electron chi connectivity index (χ1n) is 9.94. The first kappa shape index (κ1) is 24.5. The van der Waals surface area contributed by atoms with Crippen LogP contribution in [0.2, 0.25) is 0 Å². The zero-order valence-corrected chi connectivity index (χ0v) is 21.2. The zero-order valence-electron chi connectivity index (χ0n) is 18.7. The van der Waals surface area contributed by atoms with Crippen molar-refractivity contribution in [1.29, 1.82) is 0 Å². The molecule has 7 nitrogen and oxygen atoms in total.